The van der Waals surface area contributed by atoms with Crippen molar-refractivity contribution in [2.24, 2.45) is 11.8 Å². The summed E-state index contributed by atoms with van der Waals surface area (Å²) in [5.41, 5.74) is 1.05. The Hall–Kier alpha value is -1.97. The molecule has 0 aliphatic heterocycles. The number of nitrogens with zero attached hydrogens (tertiary/aromatic N) is 1. The van der Waals surface area contributed by atoms with Crippen LogP contribution in [0.4, 0.5) is 0 Å². The standard InChI is InChI=1S/C21H31NO3/c1-6-10-15(2)21(25)22(5)16(3)20(24)14-19(17(4)23)13-18-11-8-7-9-12-18/h7-9,11-12,15-16,19H,6,10,13-14H2,1-5H3/t15-,16+,19-/m0/s1. The SMILES string of the molecule is CCC[C@H](C)C(=O)N(C)[C@H](C)C(=O)C[C@H](Cc1ccccc1)C(C)=O. The van der Waals surface area contributed by atoms with E-state index in [9.17, 15) is 14.4 Å². The van der Waals surface area contributed by atoms with E-state index in [1.54, 1.807) is 14.0 Å². The van der Waals surface area contributed by atoms with Gasteiger partial charge in [-0.25, -0.2) is 0 Å². The van der Waals surface area contributed by atoms with Crippen molar-refractivity contribution in [1.29, 1.82) is 0 Å². The number of rotatable bonds is 10. The van der Waals surface area contributed by atoms with Gasteiger partial charge in [-0.2, -0.15) is 0 Å². The number of hydrogen-bond donors (Lipinski definition) is 0. The van der Waals surface area contributed by atoms with E-state index in [-0.39, 0.29) is 35.7 Å². The van der Waals surface area contributed by atoms with Gasteiger partial charge in [-0.1, -0.05) is 50.6 Å². The highest BCUT2D eigenvalue weighted by atomic mass is 16.2. The Labute approximate surface area is 151 Å². The lowest BCUT2D eigenvalue weighted by Crippen LogP contribution is -2.43. The minimum absolute atomic E-state index is 0.00913. The summed E-state index contributed by atoms with van der Waals surface area (Å²) < 4.78 is 0. The number of likely N-dealkylation sites (N-methyl/N-ethyl adjacent to an activating group) is 1. The van der Waals surface area contributed by atoms with Crippen molar-refractivity contribution in [1.82, 2.24) is 4.90 Å². The highest BCUT2D eigenvalue weighted by Crippen LogP contribution is 2.18. The summed E-state index contributed by atoms with van der Waals surface area (Å²) in [7, 11) is 1.68. The van der Waals surface area contributed by atoms with Gasteiger partial charge in [-0.15, -0.1) is 0 Å². The van der Waals surface area contributed by atoms with Crippen LogP contribution in [0.5, 0.6) is 0 Å². The zero-order valence-corrected chi connectivity index (χ0v) is 16.1. The Kier molecular flexibility index (Phi) is 8.53. The van der Waals surface area contributed by atoms with Crippen LogP contribution in [-0.4, -0.2) is 35.5 Å². The van der Waals surface area contributed by atoms with Crippen LogP contribution in [0.3, 0.4) is 0 Å². The van der Waals surface area contributed by atoms with Crippen molar-refractivity contribution in [3.05, 3.63) is 35.9 Å². The third kappa shape index (κ3) is 6.45. The molecule has 0 saturated carbocycles. The zero-order chi connectivity index (χ0) is 19.0. The Morgan fingerprint density at radius 2 is 1.68 bits per heavy atom. The van der Waals surface area contributed by atoms with E-state index >= 15 is 0 Å². The summed E-state index contributed by atoms with van der Waals surface area (Å²) in [6.07, 6.45) is 2.48. The molecule has 0 unspecified atom stereocenters. The van der Waals surface area contributed by atoms with Gasteiger partial charge in [-0.05, 0) is 32.3 Å². The first kappa shape index (κ1) is 21.1. The number of Topliss-reactive ketones (excluding diaryl/α,β-unsaturated/α-hetero) is 2. The van der Waals surface area contributed by atoms with Crippen LogP contribution in [0.15, 0.2) is 30.3 Å². The van der Waals surface area contributed by atoms with E-state index in [1.165, 1.54) is 11.8 Å². The van der Waals surface area contributed by atoms with Crippen LogP contribution in [0.2, 0.25) is 0 Å². The van der Waals surface area contributed by atoms with Gasteiger partial charge in [0.1, 0.15) is 5.78 Å². The molecule has 3 atom stereocenters. The van der Waals surface area contributed by atoms with Crippen LogP contribution in [0.25, 0.3) is 0 Å². The van der Waals surface area contributed by atoms with Crippen LogP contribution < -0.4 is 0 Å². The largest absolute Gasteiger partial charge is 0.336 e. The lowest BCUT2D eigenvalue weighted by Gasteiger charge is -2.27. The highest BCUT2D eigenvalue weighted by Gasteiger charge is 2.28. The van der Waals surface area contributed by atoms with Crippen molar-refractivity contribution in [3.63, 3.8) is 0 Å². The van der Waals surface area contributed by atoms with Crippen molar-refractivity contribution < 1.29 is 14.4 Å². The van der Waals surface area contributed by atoms with E-state index in [1.807, 2.05) is 44.2 Å². The van der Waals surface area contributed by atoms with Gasteiger partial charge in [0.2, 0.25) is 5.91 Å². The Bertz CT molecular complexity index is 582. The summed E-state index contributed by atoms with van der Waals surface area (Å²) >= 11 is 0. The van der Waals surface area contributed by atoms with E-state index in [0.29, 0.717) is 6.42 Å². The number of ketones is 2. The fourth-order valence-corrected chi connectivity index (χ4v) is 2.98. The molecule has 0 saturated heterocycles. The number of benzene rings is 1. The third-order valence-corrected chi connectivity index (χ3v) is 4.89. The molecule has 25 heavy (non-hydrogen) atoms. The van der Waals surface area contributed by atoms with Crippen LogP contribution >= 0.6 is 0 Å². The second kappa shape index (κ2) is 10.1. The maximum atomic E-state index is 12.6. The Morgan fingerprint density at radius 1 is 1.08 bits per heavy atom. The summed E-state index contributed by atoms with van der Waals surface area (Å²) in [5.74, 6) is -0.481. The fourth-order valence-electron chi connectivity index (χ4n) is 2.98. The smallest absolute Gasteiger partial charge is 0.225 e. The van der Waals surface area contributed by atoms with Crippen LogP contribution in [0.1, 0.15) is 52.5 Å². The van der Waals surface area contributed by atoms with Crippen LogP contribution in [-0.2, 0) is 20.8 Å². The van der Waals surface area contributed by atoms with Crippen LogP contribution in [0, 0.1) is 11.8 Å². The maximum Gasteiger partial charge on any atom is 0.225 e. The molecule has 1 rings (SSSR count). The summed E-state index contributed by atoms with van der Waals surface area (Å²) in [5, 5.41) is 0. The minimum Gasteiger partial charge on any atom is -0.336 e. The molecular weight excluding hydrogens is 314 g/mol. The fraction of sp³-hybridized carbons (Fsp3) is 0.571. The first-order valence-corrected chi connectivity index (χ1v) is 9.11. The van der Waals surface area contributed by atoms with Gasteiger partial charge in [0.05, 0.1) is 6.04 Å². The summed E-state index contributed by atoms with van der Waals surface area (Å²) in [6, 6.07) is 9.20. The molecule has 0 radical (unpaired) electrons. The Morgan fingerprint density at radius 3 is 2.20 bits per heavy atom. The van der Waals surface area contributed by atoms with E-state index in [4.69, 9.17) is 0 Å². The van der Waals surface area contributed by atoms with E-state index in [0.717, 1.165) is 18.4 Å². The first-order valence-electron chi connectivity index (χ1n) is 9.11. The molecule has 0 spiro atoms. The lowest BCUT2D eigenvalue weighted by molar-refractivity contribution is -0.141. The van der Waals surface area contributed by atoms with Crippen molar-refractivity contribution in [2.75, 3.05) is 7.05 Å². The molecule has 0 fully saturated rings. The Balaban J connectivity index is 2.72. The van der Waals surface area contributed by atoms with Gasteiger partial charge in [0, 0.05) is 25.3 Å². The molecule has 138 valence electrons. The van der Waals surface area contributed by atoms with Gasteiger partial charge in [0.25, 0.3) is 0 Å². The van der Waals surface area contributed by atoms with E-state index in [2.05, 4.69) is 0 Å². The second-order valence-electron chi connectivity index (χ2n) is 6.98. The first-order chi connectivity index (χ1) is 11.8. The molecule has 0 N–H and O–H groups in total. The number of carbonyl (C=O) groups is 3. The minimum atomic E-state index is -0.510. The van der Waals surface area contributed by atoms with Gasteiger partial charge in [0.15, 0.2) is 5.78 Å². The van der Waals surface area contributed by atoms with Crippen molar-refractivity contribution in [2.45, 2.75) is 59.4 Å². The topological polar surface area (TPSA) is 54.5 Å². The normalized spacial score (nSPS) is 14.4. The average Bonchev–Trinajstić information content (AvgIpc) is 2.60. The number of hydrogen-bond acceptors (Lipinski definition) is 3. The predicted molar refractivity (Wildman–Crippen MR) is 100 cm³/mol. The molecular formula is C21H31NO3. The number of carbonyl (C=O) groups excluding carboxylic acids is 3. The molecule has 4 nitrogen and oxygen atoms in total. The molecule has 1 aromatic rings. The number of amides is 1. The summed E-state index contributed by atoms with van der Waals surface area (Å²) in [4.78, 5) is 38.5. The van der Waals surface area contributed by atoms with Gasteiger partial charge >= 0.3 is 0 Å². The summed E-state index contributed by atoms with van der Waals surface area (Å²) in [6.45, 7) is 7.22. The quantitative estimate of drug-likeness (QED) is 0.650. The molecule has 0 aliphatic carbocycles. The maximum absolute atomic E-state index is 12.6. The van der Waals surface area contributed by atoms with Crippen molar-refractivity contribution in [3.8, 4) is 0 Å². The zero-order valence-electron chi connectivity index (χ0n) is 16.1. The lowest BCUT2D eigenvalue weighted by atomic mass is 9.89. The van der Waals surface area contributed by atoms with E-state index < -0.39 is 6.04 Å². The molecule has 1 amide bonds. The molecule has 4 heteroatoms. The van der Waals surface area contributed by atoms with Gasteiger partial charge < -0.3 is 4.90 Å². The molecule has 0 heterocycles. The molecule has 0 aliphatic rings. The average molecular weight is 345 g/mol. The van der Waals surface area contributed by atoms with Gasteiger partial charge in [-0.3, -0.25) is 14.4 Å². The third-order valence-electron chi connectivity index (χ3n) is 4.89. The van der Waals surface area contributed by atoms with Crippen molar-refractivity contribution >= 4 is 17.5 Å². The molecule has 0 bridgehead atoms. The predicted octanol–water partition coefficient (Wildman–Crippen LogP) is 3.68. The monoisotopic (exact) mass is 345 g/mol. The molecule has 0 aromatic heterocycles. The highest BCUT2D eigenvalue weighted by molar-refractivity contribution is 5.92. The second-order valence-corrected chi connectivity index (χ2v) is 6.98. The molecule has 1 aromatic carbocycles.